The van der Waals surface area contributed by atoms with E-state index in [-0.39, 0.29) is 11.0 Å². The maximum atomic E-state index is 11.8. The molecule has 0 aliphatic heterocycles. The molecular weight excluding hydrogens is 220 g/mol. The van der Waals surface area contributed by atoms with Crippen LogP contribution < -0.4 is 0 Å². The van der Waals surface area contributed by atoms with Crippen LogP contribution in [0.5, 0.6) is 0 Å². The summed E-state index contributed by atoms with van der Waals surface area (Å²) in [5.74, 6) is 0.225. The molecule has 3 heteroatoms. The van der Waals surface area contributed by atoms with Gasteiger partial charge in [-0.3, -0.25) is 4.79 Å². The Morgan fingerprint density at radius 3 is 2.69 bits per heavy atom. The van der Waals surface area contributed by atoms with E-state index in [4.69, 9.17) is 4.74 Å². The standard InChI is InChI=1S/C13H16O2S/c1-13(15-2)11(14)8-9-12(13)16-10-6-4-3-5-7-10/h3-7,12H,8-9H2,1-2H3/t12-,13-/m0/s1. The van der Waals surface area contributed by atoms with Crippen molar-refractivity contribution in [2.75, 3.05) is 7.11 Å². The predicted octanol–water partition coefficient (Wildman–Crippen LogP) is 2.92. The number of ether oxygens (including phenoxy) is 1. The summed E-state index contributed by atoms with van der Waals surface area (Å²) in [7, 11) is 1.63. The molecule has 86 valence electrons. The van der Waals surface area contributed by atoms with Crippen molar-refractivity contribution in [2.45, 2.75) is 35.5 Å². The minimum atomic E-state index is -0.611. The van der Waals surface area contributed by atoms with E-state index < -0.39 is 5.60 Å². The van der Waals surface area contributed by atoms with Gasteiger partial charge < -0.3 is 4.74 Å². The summed E-state index contributed by atoms with van der Waals surface area (Å²) >= 11 is 1.74. The Kier molecular flexibility index (Phi) is 3.36. The number of thioether (sulfide) groups is 1. The smallest absolute Gasteiger partial charge is 0.165 e. The lowest BCUT2D eigenvalue weighted by atomic mass is 10.0. The van der Waals surface area contributed by atoms with E-state index in [9.17, 15) is 4.79 Å². The van der Waals surface area contributed by atoms with E-state index in [0.29, 0.717) is 6.42 Å². The number of carbonyl (C=O) groups is 1. The molecule has 1 aliphatic rings. The minimum Gasteiger partial charge on any atom is -0.370 e. The van der Waals surface area contributed by atoms with Crippen molar-refractivity contribution in [2.24, 2.45) is 0 Å². The van der Waals surface area contributed by atoms with E-state index in [1.165, 1.54) is 4.90 Å². The number of rotatable bonds is 3. The molecule has 0 spiro atoms. The average Bonchev–Trinajstić information content (AvgIpc) is 2.59. The molecule has 1 aromatic carbocycles. The fourth-order valence-electron chi connectivity index (χ4n) is 2.05. The lowest BCUT2D eigenvalue weighted by Gasteiger charge is -2.27. The second kappa shape index (κ2) is 4.60. The van der Waals surface area contributed by atoms with Crippen molar-refractivity contribution < 1.29 is 9.53 Å². The van der Waals surface area contributed by atoms with Gasteiger partial charge in [-0.2, -0.15) is 0 Å². The third-order valence-corrected chi connectivity index (χ3v) is 4.76. The molecule has 1 aliphatic carbocycles. The van der Waals surface area contributed by atoms with Crippen LogP contribution in [0.4, 0.5) is 0 Å². The van der Waals surface area contributed by atoms with Gasteiger partial charge in [0.15, 0.2) is 5.78 Å². The van der Waals surface area contributed by atoms with Crippen LogP contribution >= 0.6 is 11.8 Å². The van der Waals surface area contributed by atoms with Crippen LogP contribution in [0, 0.1) is 0 Å². The Labute approximate surface area is 100 Å². The summed E-state index contributed by atoms with van der Waals surface area (Å²) in [5, 5.41) is 0.229. The highest BCUT2D eigenvalue weighted by molar-refractivity contribution is 8.00. The molecule has 1 aromatic rings. The van der Waals surface area contributed by atoms with Crippen molar-refractivity contribution in [3.05, 3.63) is 30.3 Å². The Balaban J connectivity index is 2.14. The first kappa shape index (κ1) is 11.7. The highest BCUT2D eigenvalue weighted by atomic mass is 32.2. The number of carbonyl (C=O) groups excluding carboxylic acids is 1. The molecule has 0 saturated heterocycles. The van der Waals surface area contributed by atoms with Crippen molar-refractivity contribution in [1.82, 2.24) is 0 Å². The monoisotopic (exact) mass is 236 g/mol. The van der Waals surface area contributed by atoms with Crippen LogP contribution in [0.1, 0.15) is 19.8 Å². The third kappa shape index (κ3) is 2.02. The molecule has 2 atom stereocenters. The fraction of sp³-hybridized carbons (Fsp3) is 0.462. The molecule has 1 saturated carbocycles. The Morgan fingerprint density at radius 1 is 1.38 bits per heavy atom. The topological polar surface area (TPSA) is 26.3 Å². The van der Waals surface area contributed by atoms with E-state index in [1.54, 1.807) is 18.9 Å². The summed E-state index contributed by atoms with van der Waals surface area (Å²) in [4.78, 5) is 13.0. The Bertz CT molecular complexity index is 377. The van der Waals surface area contributed by atoms with Gasteiger partial charge in [-0.05, 0) is 25.5 Å². The van der Waals surface area contributed by atoms with Gasteiger partial charge in [0.1, 0.15) is 5.60 Å². The van der Waals surface area contributed by atoms with E-state index in [0.717, 1.165) is 6.42 Å². The molecule has 2 rings (SSSR count). The largest absolute Gasteiger partial charge is 0.370 e. The second-order valence-corrected chi connectivity index (χ2v) is 5.47. The van der Waals surface area contributed by atoms with Gasteiger partial charge in [-0.25, -0.2) is 0 Å². The van der Waals surface area contributed by atoms with Crippen LogP contribution in [0.15, 0.2) is 35.2 Å². The summed E-state index contributed by atoms with van der Waals surface area (Å²) in [6.07, 6.45) is 1.54. The number of Topliss-reactive ketones (excluding diaryl/α,β-unsaturated/α-hetero) is 1. The van der Waals surface area contributed by atoms with Gasteiger partial charge in [0.25, 0.3) is 0 Å². The van der Waals surface area contributed by atoms with Crippen molar-refractivity contribution in [3.63, 3.8) is 0 Å². The highest BCUT2D eigenvalue weighted by Crippen LogP contribution is 2.41. The van der Waals surface area contributed by atoms with Crippen molar-refractivity contribution in [3.8, 4) is 0 Å². The van der Waals surface area contributed by atoms with Gasteiger partial charge in [0, 0.05) is 23.7 Å². The zero-order chi connectivity index (χ0) is 11.6. The molecule has 1 fully saturated rings. The van der Waals surface area contributed by atoms with Crippen molar-refractivity contribution >= 4 is 17.5 Å². The Morgan fingerprint density at radius 2 is 2.06 bits per heavy atom. The second-order valence-electron chi connectivity index (χ2n) is 4.19. The van der Waals surface area contributed by atoms with Crippen LogP contribution in [-0.4, -0.2) is 23.7 Å². The summed E-state index contributed by atoms with van der Waals surface area (Å²) < 4.78 is 5.43. The van der Waals surface area contributed by atoms with Crippen LogP contribution in [0.2, 0.25) is 0 Å². The van der Waals surface area contributed by atoms with E-state index >= 15 is 0 Å². The zero-order valence-corrected chi connectivity index (χ0v) is 10.4. The van der Waals surface area contributed by atoms with Crippen molar-refractivity contribution in [1.29, 1.82) is 0 Å². The summed E-state index contributed by atoms with van der Waals surface area (Å²) in [6.45, 7) is 1.91. The molecule has 0 radical (unpaired) electrons. The molecule has 0 heterocycles. The molecular formula is C13H16O2S. The predicted molar refractivity (Wildman–Crippen MR) is 65.7 cm³/mol. The first-order valence-corrected chi connectivity index (χ1v) is 6.35. The van der Waals surface area contributed by atoms with Crippen LogP contribution in [-0.2, 0) is 9.53 Å². The maximum absolute atomic E-state index is 11.8. The molecule has 0 amide bonds. The summed E-state index contributed by atoms with van der Waals surface area (Å²) in [6, 6.07) is 10.2. The lowest BCUT2D eigenvalue weighted by molar-refractivity contribution is -0.134. The van der Waals surface area contributed by atoms with Gasteiger partial charge in [0.2, 0.25) is 0 Å². The average molecular weight is 236 g/mol. The summed E-state index contributed by atoms with van der Waals surface area (Å²) in [5.41, 5.74) is -0.611. The maximum Gasteiger partial charge on any atom is 0.165 e. The third-order valence-electron chi connectivity index (χ3n) is 3.25. The Hall–Kier alpha value is -0.800. The highest BCUT2D eigenvalue weighted by Gasteiger charge is 2.46. The minimum absolute atomic E-state index is 0.225. The van der Waals surface area contributed by atoms with Gasteiger partial charge in [-0.1, -0.05) is 18.2 Å². The number of methoxy groups -OCH3 is 1. The molecule has 2 nitrogen and oxygen atoms in total. The molecule has 0 bridgehead atoms. The zero-order valence-electron chi connectivity index (χ0n) is 9.60. The van der Waals surface area contributed by atoms with Crippen LogP contribution in [0.25, 0.3) is 0 Å². The quantitative estimate of drug-likeness (QED) is 0.807. The fourth-order valence-corrected chi connectivity index (χ4v) is 3.38. The van der Waals surface area contributed by atoms with Gasteiger partial charge in [0.05, 0.1) is 0 Å². The number of ketones is 1. The van der Waals surface area contributed by atoms with Gasteiger partial charge in [-0.15, -0.1) is 11.8 Å². The molecule has 0 aromatic heterocycles. The molecule has 16 heavy (non-hydrogen) atoms. The normalized spacial score (nSPS) is 29.6. The number of hydrogen-bond acceptors (Lipinski definition) is 3. The van der Waals surface area contributed by atoms with E-state index in [1.807, 2.05) is 25.1 Å². The molecule has 0 N–H and O–H groups in total. The first-order valence-electron chi connectivity index (χ1n) is 5.47. The lowest BCUT2D eigenvalue weighted by Crippen LogP contribution is -2.40. The van der Waals surface area contributed by atoms with Crippen LogP contribution in [0.3, 0.4) is 0 Å². The van der Waals surface area contributed by atoms with E-state index in [2.05, 4.69) is 12.1 Å². The SMILES string of the molecule is CO[C@@]1(C)C(=O)CC[C@@H]1Sc1ccccc1. The number of benzene rings is 1. The molecule has 0 unspecified atom stereocenters. The van der Waals surface area contributed by atoms with Gasteiger partial charge >= 0.3 is 0 Å². The first-order chi connectivity index (χ1) is 7.66. The number of hydrogen-bond donors (Lipinski definition) is 0.